The zero-order valence-corrected chi connectivity index (χ0v) is 17.5. The third-order valence-electron chi connectivity index (χ3n) is 3.09. The van der Waals surface area contributed by atoms with Crippen molar-refractivity contribution in [2.24, 2.45) is 0 Å². The van der Waals surface area contributed by atoms with Crippen LogP contribution in [0.3, 0.4) is 0 Å². The van der Waals surface area contributed by atoms with Crippen LogP contribution in [0.15, 0.2) is 22.3 Å². The first-order valence-corrected chi connectivity index (χ1v) is 10.8. The van der Waals surface area contributed by atoms with E-state index in [2.05, 4.69) is 68.7 Å². The van der Waals surface area contributed by atoms with Crippen LogP contribution in [0.2, 0.25) is 0 Å². The molecule has 20 heavy (non-hydrogen) atoms. The molecule has 0 bridgehead atoms. The van der Waals surface area contributed by atoms with Gasteiger partial charge in [0.25, 0.3) is 0 Å². The van der Waals surface area contributed by atoms with Gasteiger partial charge in [0.15, 0.2) is 0 Å². The summed E-state index contributed by atoms with van der Waals surface area (Å²) in [6.07, 6.45) is 1.56. The van der Waals surface area contributed by atoms with Gasteiger partial charge in [-0.1, -0.05) is 18.1 Å². The second kappa shape index (κ2) is 12.7. The third kappa shape index (κ3) is 9.79. The average molecular weight is 463 g/mol. The Morgan fingerprint density at radius 1 is 0.750 bits per heavy atom. The van der Waals surface area contributed by atoms with Gasteiger partial charge in [-0.15, -0.1) is 0 Å². The zero-order chi connectivity index (χ0) is 17.1. The summed E-state index contributed by atoms with van der Waals surface area (Å²) in [5, 5.41) is 0.551. The topological polar surface area (TPSA) is 39.8 Å². The fourth-order valence-electron chi connectivity index (χ4n) is 1.41. The van der Waals surface area contributed by atoms with Crippen LogP contribution in [0.25, 0.3) is 0 Å². The molecule has 1 radical (unpaired) electrons. The molecule has 0 aromatic carbocycles. The molecule has 0 saturated heterocycles. The molecule has 2 nitrogen and oxygen atoms in total. The summed E-state index contributed by atoms with van der Waals surface area (Å²) in [7, 11) is 0. The van der Waals surface area contributed by atoms with Crippen molar-refractivity contribution < 1.29 is 28.1 Å². The summed E-state index contributed by atoms with van der Waals surface area (Å²) in [5.74, 6) is 1.47. The summed E-state index contributed by atoms with van der Waals surface area (Å²) >= 11 is 1.66. The predicted molar refractivity (Wildman–Crippen MR) is 80.2 cm³/mol. The molecule has 0 saturated carbocycles. The van der Waals surface area contributed by atoms with Gasteiger partial charge in [-0.2, -0.15) is 0 Å². The summed E-state index contributed by atoms with van der Waals surface area (Å²) in [4.78, 5) is 0. The van der Waals surface area contributed by atoms with Crippen LogP contribution >= 0.6 is 6.21 Å². The second-order valence-electron chi connectivity index (χ2n) is 5.39. The molecule has 0 aromatic heterocycles. The molecule has 0 heterocycles. The molecule has 1 aliphatic carbocycles. The Bertz CT molecular complexity index is 379. The predicted octanol–water partition coefficient (Wildman–Crippen LogP) is 5.39. The van der Waals surface area contributed by atoms with E-state index in [-0.39, 0.29) is 0 Å². The second-order valence-corrected chi connectivity index (χ2v) is 8.88. The number of hydrogen-bond donors (Lipinski definition) is 0. The van der Waals surface area contributed by atoms with E-state index in [0.29, 0.717) is 5.16 Å². The minimum absolute atomic E-state index is 0.551. The van der Waals surface area contributed by atoms with Gasteiger partial charge in [0.1, 0.15) is 0 Å². The molecule has 0 atom stereocenters. The molecular weight excluding hydrogens is 439 g/mol. The Hall–Kier alpha value is -0.0517. The molecule has 0 spiro atoms. The van der Waals surface area contributed by atoms with Crippen molar-refractivity contribution in [2.75, 3.05) is 0 Å². The molecule has 4 heteroatoms. The van der Waals surface area contributed by atoms with Crippen molar-refractivity contribution in [1.82, 2.24) is 0 Å². The van der Waals surface area contributed by atoms with Crippen molar-refractivity contribution in [2.45, 2.75) is 60.5 Å². The Morgan fingerprint density at radius 3 is 1.00 bits per heavy atom. The van der Waals surface area contributed by atoms with E-state index >= 15 is 0 Å². The van der Waals surface area contributed by atoms with E-state index in [1.807, 2.05) is 0 Å². The Morgan fingerprint density at radius 2 is 0.950 bits per heavy atom. The normalized spacial score (nSPS) is 14.6. The Balaban J connectivity index is -0.000000250. The van der Waals surface area contributed by atoms with Crippen LogP contribution in [0.5, 0.6) is 0 Å². The third-order valence-corrected chi connectivity index (χ3v) is 9.54. The first-order valence-electron chi connectivity index (χ1n) is 6.06. The fourth-order valence-corrected chi connectivity index (χ4v) is 1.41. The van der Waals surface area contributed by atoms with Gasteiger partial charge in [0.05, 0.1) is 0 Å². The van der Waals surface area contributed by atoms with E-state index in [1.54, 1.807) is 25.0 Å². The van der Waals surface area contributed by atoms with Crippen molar-refractivity contribution >= 4 is 6.21 Å². The zero-order valence-electron chi connectivity index (χ0n) is 13.7. The number of rotatable bonds is 0. The Kier molecular flexibility index (Phi) is 15.8. The van der Waals surface area contributed by atoms with E-state index in [9.17, 15) is 0 Å². The van der Waals surface area contributed by atoms with E-state index in [0.717, 1.165) is 0 Å². The van der Waals surface area contributed by atoms with Gasteiger partial charge in [0.2, 0.25) is 0 Å². The van der Waals surface area contributed by atoms with Gasteiger partial charge >= 0.3 is 73.6 Å². The standard InChI is InChI=1S/C10H15.C4H9P.2CO.W/c1-6-7(2)9(4)10(5)8(6)3;1-4(2,3)5;2*1-2;/h1-5H3;1-3H3;;;. The van der Waals surface area contributed by atoms with E-state index in [1.165, 1.54) is 28.2 Å². The Labute approximate surface area is 136 Å². The molecule has 0 fully saturated rings. The van der Waals surface area contributed by atoms with E-state index in [4.69, 9.17) is 9.30 Å². The molecular formula is C16H24O2PW. The van der Waals surface area contributed by atoms with Crippen molar-refractivity contribution in [3.8, 4) is 0 Å². The first-order chi connectivity index (χ1) is 9.11. The molecule has 1 aliphatic rings. The van der Waals surface area contributed by atoms with Crippen LogP contribution in [0.4, 0.5) is 0 Å². The van der Waals surface area contributed by atoms with Crippen LogP contribution in [0.1, 0.15) is 55.4 Å². The minimum atomic E-state index is 0.551. The number of allylic oxidation sites excluding steroid dienone is 4. The van der Waals surface area contributed by atoms with Crippen molar-refractivity contribution in [3.63, 3.8) is 0 Å². The van der Waals surface area contributed by atoms with Crippen LogP contribution in [-0.2, 0) is 28.1 Å². The van der Waals surface area contributed by atoms with Gasteiger partial charge in [0, 0.05) is 5.92 Å². The van der Waals surface area contributed by atoms with Gasteiger partial charge < -0.3 is 0 Å². The first kappa shape index (κ1) is 24.9. The van der Waals surface area contributed by atoms with Crippen LogP contribution < -0.4 is 0 Å². The summed E-state index contributed by atoms with van der Waals surface area (Å²) in [6, 6.07) is 0. The average Bonchev–Trinajstić information content (AvgIpc) is 2.61. The summed E-state index contributed by atoms with van der Waals surface area (Å²) < 4.78 is 15.0. The van der Waals surface area contributed by atoms with Crippen LogP contribution in [0, 0.1) is 19.2 Å². The van der Waals surface area contributed by atoms with Crippen molar-refractivity contribution in [1.29, 1.82) is 0 Å². The summed E-state index contributed by atoms with van der Waals surface area (Å²) in [6.45, 7) is 26.8. The van der Waals surface area contributed by atoms with Gasteiger partial charge in [-0.25, -0.2) is 0 Å². The van der Waals surface area contributed by atoms with Gasteiger partial charge in [-0.05, 0) is 38.8 Å². The molecule has 0 aliphatic heterocycles. The SMILES string of the molecule is CC(C)(C)[P]=[W].C[C]1C(C)=C(C)C(C)=C1C.[C-]#[O+].[C-]#[O+]. The number of hydrogen-bond acceptors (Lipinski definition) is 0. The van der Waals surface area contributed by atoms with E-state index < -0.39 is 0 Å². The monoisotopic (exact) mass is 463 g/mol. The molecule has 0 amide bonds. The molecule has 1 rings (SSSR count). The molecule has 0 aromatic rings. The fraction of sp³-hybridized carbons (Fsp3) is 0.562. The summed E-state index contributed by atoms with van der Waals surface area (Å²) in [5.41, 5.74) is 5.87. The maximum absolute atomic E-state index is 7.50. The molecule has 111 valence electrons. The maximum atomic E-state index is 7.50. The van der Waals surface area contributed by atoms with Gasteiger partial charge in [-0.3, -0.25) is 0 Å². The quantitative estimate of drug-likeness (QED) is 0.263. The molecule has 0 N–H and O–H groups in total. The van der Waals surface area contributed by atoms with Crippen LogP contribution in [-0.4, -0.2) is 5.16 Å². The molecule has 0 unspecified atom stereocenters. The van der Waals surface area contributed by atoms with Crippen molar-refractivity contribution in [3.05, 3.63) is 41.5 Å².